The van der Waals surface area contributed by atoms with E-state index in [0.29, 0.717) is 33.1 Å². The maximum atomic E-state index is 13.0. The van der Waals surface area contributed by atoms with Crippen LogP contribution in [0.5, 0.6) is 5.75 Å². The van der Waals surface area contributed by atoms with E-state index in [1.807, 2.05) is 13.8 Å². The number of carbonyl (C=O) groups excluding carboxylic acids is 1. The van der Waals surface area contributed by atoms with Crippen LogP contribution in [0.2, 0.25) is 5.02 Å². The molecule has 1 heterocycles. The molecular weight excluding hydrogens is 458 g/mol. The Morgan fingerprint density at radius 1 is 1.09 bits per heavy atom. The number of rotatable bonds is 7. The molecule has 0 saturated carbocycles. The summed E-state index contributed by atoms with van der Waals surface area (Å²) in [4.78, 5) is 36.8. The molecule has 1 atom stereocenters. The van der Waals surface area contributed by atoms with Crippen LogP contribution in [-0.4, -0.2) is 27.7 Å². The van der Waals surface area contributed by atoms with Gasteiger partial charge in [-0.25, -0.2) is 4.79 Å². The summed E-state index contributed by atoms with van der Waals surface area (Å²) in [5.74, 6) is -1.23. The topological polar surface area (TPSA) is 121 Å². The van der Waals surface area contributed by atoms with Gasteiger partial charge in [-0.3, -0.25) is 14.2 Å². The lowest BCUT2D eigenvalue weighted by Crippen LogP contribution is -2.31. The number of carboxylic acids is 1. The highest BCUT2D eigenvalue weighted by Crippen LogP contribution is 2.34. The van der Waals surface area contributed by atoms with Crippen molar-refractivity contribution in [3.63, 3.8) is 0 Å². The summed E-state index contributed by atoms with van der Waals surface area (Å²) in [6.07, 6.45) is 1.20. The number of pyridine rings is 1. The molecule has 0 saturated heterocycles. The van der Waals surface area contributed by atoms with Crippen LogP contribution in [-0.2, 0) is 4.79 Å². The predicted octanol–water partition coefficient (Wildman–Crippen LogP) is 4.73. The lowest BCUT2D eigenvalue weighted by molar-refractivity contribution is -0.118. The molecule has 0 aliphatic heterocycles. The van der Waals surface area contributed by atoms with Crippen molar-refractivity contribution >= 4 is 29.2 Å². The SMILES string of the molecule is CC(C)Oc1cn(C(C)C(=O)Nc2ccc(C(=O)O)cc2)c(=O)cc1-c1cc(Cl)ccc1C#N. The van der Waals surface area contributed by atoms with Gasteiger partial charge in [0.2, 0.25) is 5.91 Å². The van der Waals surface area contributed by atoms with Crippen LogP contribution < -0.4 is 15.6 Å². The zero-order valence-corrected chi connectivity index (χ0v) is 19.5. The number of benzene rings is 2. The van der Waals surface area contributed by atoms with E-state index in [1.54, 1.807) is 25.1 Å². The van der Waals surface area contributed by atoms with Gasteiger partial charge in [0.05, 0.1) is 29.5 Å². The molecule has 0 radical (unpaired) electrons. The Kier molecular flexibility index (Phi) is 7.39. The molecule has 9 heteroatoms. The molecule has 0 fully saturated rings. The van der Waals surface area contributed by atoms with Gasteiger partial charge >= 0.3 is 5.97 Å². The van der Waals surface area contributed by atoms with Crippen molar-refractivity contribution in [1.82, 2.24) is 4.57 Å². The Balaban J connectivity index is 1.99. The lowest BCUT2D eigenvalue weighted by Gasteiger charge is -2.20. The molecule has 3 rings (SSSR count). The van der Waals surface area contributed by atoms with Crippen LogP contribution >= 0.6 is 11.6 Å². The van der Waals surface area contributed by atoms with Gasteiger partial charge in [-0.2, -0.15) is 5.26 Å². The van der Waals surface area contributed by atoms with Crippen LogP contribution in [0.25, 0.3) is 11.1 Å². The number of halogens is 1. The largest absolute Gasteiger partial charge is 0.489 e. The van der Waals surface area contributed by atoms with Crippen molar-refractivity contribution in [3.05, 3.63) is 81.2 Å². The second-order valence-electron chi connectivity index (χ2n) is 7.81. The van der Waals surface area contributed by atoms with Crippen molar-refractivity contribution in [1.29, 1.82) is 5.26 Å². The highest BCUT2D eigenvalue weighted by atomic mass is 35.5. The van der Waals surface area contributed by atoms with Crippen molar-refractivity contribution in [3.8, 4) is 22.9 Å². The van der Waals surface area contributed by atoms with Gasteiger partial charge in [0, 0.05) is 27.9 Å². The minimum atomic E-state index is -1.07. The second kappa shape index (κ2) is 10.2. The highest BCUT2D eigenvalue weighted by Gasteiger charge is 2.21. The Morgan fingerprint density at radius 3 is 2.35 bits per heavy atom. The molecule has 0 bridgehead atoms. The molecule has 1 aromatic heterocycles. The first-order chi connectivity index (χ1) is 16.1. The van der Waals surface area contributed by atoms with Gasteiger partial charge in [-0.05, 0) is 63.2 Å². The fourth-order valence-corrected chi connectivity index (χ4v) is 3.47. The number of hydrogen-bond donors (Lipinski definition) is 2. The molecule has 2 N–H and O–H groups in total. The molecule has 0 aliphatic rings. The number of carboxylic acid groups (broad SMARTS) is 1. The number of carbonyl (C=O) groups is 2. The van der Waals surface area contributed by atoms with E-state index in [9.17, 15) is 19.6 Å². The average Bonchev–Trinajstić information content (AvgIpc) is 2.79. The van der Waals surface area contributed by atoms with Gasteiger partial charge in [-0.1, -0.05) is 11.6 Å². The van der Waals surface area contributed by atoms with E-state index >= 15 is 0 Å². The first-order valence-electron chi connectivity index (χ1n) is 10.4. The number of nitriles is 1. The molecule has 2 aromatic carbocycles. The quantitative estimate of drug-likeness (QED) is 0.505. The standard InChI is InChI=1S/C25H22ClN3O5/c1-14(2)34-22-13-29(15(3)24(31)28-19-8-5-16(6-9-19)25(32)33)23(30)11-21(22)20-10-18(26)7-4-17(20)12-27/h4-11,13-15H,1-3H3,(H,28,31)(H,32,33). The third kappa shape index (κ3) is 5.45. The van der Waals surface area contributed by atoms with Gasteiger partial charge in [0.25, 0.3) is 5.56 Å². The summed E-state index contributed by atoms with van der Waals surface area (Å²) in [5, 5.41) is 21.6. The van der Waals surface area contributed by atoms with Gasteiger partial charge in [0.15, 0.2) is 0 Å². The zero-order chi connectivity index (χ0) is 25.0. The minimum Gasteiger partial charge on any atom is -0.489 e. The van der Waals surface area contributed by atoms with E-state index in [0.717, 1.165) is 0 Å². The number of nitrogens with zero attached hydrogens (tertiary/aromatic N) is 2. The number of hydrogen-bond acceptors (Lipinski definition) is 5. The number of ether oxygens (including phenoxy) is 1. The fraction of sp³-hybridized carbons (Fsp3) is 0.200. The Morgan fingerprint density at radius 2 is 1.76 bits per heavy atom. The molecule has 34 heavy (non-hydrogen) atoms. The molecule has 0 aliphatic carbocycles. The lowest BCUT2D eigenvalue weighted by atomic mass is 10.0. The smallest absolute Gasteiger partial charge is 0.335 e. The molecule has 3 aromatic rings. The average molecular weight is 480 g/mol. The molecule has 0 spiro atoms. The van der Waals surface area contributed by atoms with Crippen molar-refractivity contribution < 1.29 is 19.4 Å². The van der Waals surface area contributed by atoms with Gasteiger partial charge in [0.1, 0.15) is 11.8 Å². The summed E-state index contributed by atoms with van der Waals surface area (Å²) < 4.78 is 7.15. The first-order valence-corrected chi connectivity index (χ1v) is 10.8. The van der Waals surface area contributed by atoms with Crippen molar-refractivity contribution in [2.75, 3.05) is 5.32 Å². The van der Waals surface area contributed by atoms with E-state index in [4.69, 9.17) is 21.4 Å². The third-order valence-corrected chi connectivity index (χ3v) is 5.23. The van der Waals surface area contributed by atoms with Crippen LogP contribution in [0, 0.1) is 11.3 Å². The fourth-order valence-electron chi connectivity index (χ4n) is 3.30. The van der Waals surface area contributed by atoms with Crippen LogP contribution in [0.4, 0.5) is 5.69 Å². The van der Waals surface area contributed by atoms with E-state index in [2.05, 4.69) is 11.4 Å². The molecule has 1 amide bonds. The summed E-state index contributed by atoms with van der Waals surface area (Å²) in [7, 11) is 0. The Bertz CT molecular complexity index is 1340. The van der Waals surface area contributed by atoms with Gasteiger partial charge in [-0.15, -0.1) is 0 Å². The minimum absolute atomic E-state index is 0.0890. The summed E-state index contributed by atoms with van der Waals surface area (Å²) >= 11 is 6.13. The number of aromatic nitrogens is 1. The van der Waals surface area contributed by atoms with Crippen molar-refractivity contribution in [2.24, 2.45) is 0 Å². The molecule has 8 nitrogen and oxygen atoms in total. The maximum absolute atomic E-state index is 13.0. The van der Waals surface area contributed by atoms with Crippen LogP contribution in [0.15, 0.2) is 59.5 Å². The van der Waals surface area contributed by atoms with Crippen LogP contribution in [0.1, 0.15) is 42.7 Å². The number of aromatic carboxylic acids is 1. The van der Waals surface area contributed by atoms with Crippen LogP contribution in [0.3, 0.4) is 0 Å². The monoisotopic (exact) mass is 479 g/mol. The number of nitrogens with one attached hydrogen (secondary N) is 1. The van der Waals surface area contributed by atoms with E-state index in [-0.39, 0.29) is 11.7 Å². The van der Waals surface area contributed by atoms with E-state index in [1.165, 1.54) is 41.1 Å². The zero-order valence-electron chi connectivity index (χ0n) is 18.7. The predicted molar refractivity (Wildman–Crippen MR) is 128 cm³/mol. The second-order valence-corrected chi connectivity index (χ2v) is 8.25. The Hall–Kier alpha value is -4.09. The molecule has 174 valence electrons. The van der Waals surface area contributed by atoms with E-state index < -0.39 is 23.5 Å². The Labute approximate surface area is 201 Å². The summed E-state index contributed by atoms with van der Waals surface area (Å²) in [5.41, 5.74) is 1.18. The van der Waals surface area contributed by atoms with Crippen molar-refractivity contribution in [2.45, 2.75) is 32.9 Å². The molecular formula is C25H22ClN3O5. The maximum Gasteiger partial charge on any atom is 0.335 e. The first kappa shape index (κ1) is 24.6. The highest BCUT2D eigenvalue weighted by molar-refractivity contribution is 6.31. The normalized spacial score (nSPS) is 11.5. The third-order valence-electron chi connectivity index (χ3n) is 5.00. The summed E-state index contributed by atoms with van der Waals surface area (Å²) in [6.45, 7) is 5.19. The number of anilines is 1. The summed E-state index contributed by atoms with van der Waals surface area (Å²) in [6, 6.07) is 12.9. The molecule has 1 unspecified atom stereocenters. The van der Waals surface area contributed by atoms with Gasteiger partial charge < -0.3 is 15.2 Å². The number of amides is 1.